The lowest BCUT2D eigenvalue weighted by molar-refractivity contribution is 0.735. The molecular weight excluding hydrogens is 192 g/mol. The van der Waals surface area contributed by atoms with Gasteiger partial charge in [-0.15, -0.1) is 34.8 Å². The maximum atomic E-state index is 2.56. The molecule has 0 unspecified atom stereocenters. The smallest absolute Gasteiger partial charge is 0.0654 e. The minimum atomic E-state index is -0.951. The third-order valence-corrected chi connectivity index (χ3v) is 26.4. The summed E-state index contributed by atoms with van der Waals surface area (Å²) < 4.78 is 0. The Bertz CT molecular complexity index is 148. The lowest BCUT2D eigenvalue weighted by atomic mass is 10.2. The van der Waals surface area contributed by atoms with Crippen molar-refractivity contribution in [3.05, 3.63) is 0 Å². The predicted molar refractivity (Wildman–Crippen MR) is 66.3 cm³/mol. The Hall–Kier alpha value is 0.651. The van der Waals surface area contributed by atoms with Gasteiger partial charge in [0.2, 0.25) is 0 Å². The van der Waals surface area contributed by atoms with Crippen LogP contribution in [-0.2, 0) is 0 Å². The van der Waals surface area contributed by atoms with Crippen LogP contribution in [0.4, 0.5) is 0 Å². The molecule has 0 bridgehead atoms. The molecule has 0 aromatic carbocycles. The first-order chi connectivity index (χ1) is 4.96. The van der Waals surface area contributed by atoms with Crippen LogP contribution in [0.3, 0.4) is 0 Å². The summed E-state index contributed by atoms with van der Waals surface area (Å²) in [6, 6.07) is 0. The summed E-state index contributed by atoms with van der Waals surface area (Å²) in [5.74, 6) is 0. The van der Waals surface area contributed by atoms with Crippen LogP contribution in [0.15, 0.2) is 0 Å². The van der Waals surface area contributed by atoms with Crippen LogP contribution in [-0.4, -0.2) is 23.7 Å². The van der Waals surface area contributed by atoms with E-state index in [4.69, 9.17) is 0 Å². The fourth-order valence-electron chi connectivity index (χ4n) is 1.12. The molecule has 0 saturated carbocycles. The van der Waals surface area contributed by atoms with Crippen LogP contribution in [0, 0.1) is 0 Å². The molecule has 12 heavy (non-hydrogen) atoms. The third kappa shape index (κ3) is 4.05. The van der Waals surface area contributed by atoms with Crippen molar-refractivity contribution in [1.82, 2.24) is 0 Å². The zero-order chi connectivity index (χ0) is 10.2. The van der Waals surface area contributed by atoms with Crippen molar-refractivity contribution in [2.24, 2.45) is 0 Å². The quantitative estimate of drug-likeness (QED) is 0.620. The largest absolute Gasteiger partial charge is 0.425 e. The van der Waals surface area contributed by atoms with Crippen LogP contribution in [0.2, 0.25) is 37.8 Å². The molecule has 0 heterocycles. The molecule has 0 spiro atoms. The van der Waals surface area contributed by atoms with Gasteiger partial charge in [0.05, 0.1) is 0 Å². The number of hydrogen-bond acceptors (Lipinski definition) is 0. The molecule has 0 aliphatic carbocycles. The molecule has 73 valence electrons. The first-order valence-electron chi connectivity index (χ1n) is 4.75. The zero-order valence-electron chi connectivity index (χ0n) is 10.0. The van der Waals surface area contributed by atoms with Gasteiger partial charge in [-0.3, -0.25) is 0 Å². The number of hydrogen-bond donors (Lipinski definition) is 0. The third-order valence-electron chi connectivity index (χ3n) is 2.56. The topological polar surface area (TPSA) is 0 Å². The van der Waals surface area contributed by atoms with Gasteiger partial charge >= 0.3 is 0 Å². The molecule has 0 nitrogen and oxygen atoms in total. The minimum Gasteiger partial charge on any atom is -0.425 e. The molecule has 0 aromatic heterocycles. The van der Waals surface area contributed by atoms with E-state index in [0.29, 0.717) is 5.04 Å². The van der Waals surface area contributed by atoms with E-state index in [1.165, 1.54) is 8.55 Å². The van der Waals surface area contributed by atoms with Crippen molar-refractivity contribution in [1.29, 1.82) is 0 Å². The first kappa shape index (κ1) is 12.7. The second kappa shape index (κ2) is 3.42. The van der Waals surface area contributed by atoms with E-state index >= 15 is 0 Å². The van der Waals surface area contributed by atoms with Crippen LogP contribution in [0.1, 0.15) is 20.8 Å². The van der Waals surface area contributed by atoms with Crippen LogP contribution in [0.25, 0.3) is 0 Å². The molecule has 0 fully saturated rings. The van der Waals surface area contributed by atoms with E-state index in [9.17, 15) is 0 Å². The summed E-state index contributed by atoms with van der Waals surface area (Å²) in [6.07, 6.45) is 0. The van der Waals surface area contributed by atoms with E-state index in [0.717, 1.165) is 0 Å². The molecule has 0 aliphatic rings. The molecule has 0 aliphatic heterocycles. The summed E-state index contributed by atoms with van der Waals surface area (Å²) in [4.78, 5) is 0. The Morgan fingerprint density at radius 1 is 0.833 bits per heavy atom. The van der Waals surface area contributed by atoms with Crippen molar-refractivity contribution in [3.8, 4) is 0 Å². The van der Waals surface area contributed by atoms with Crippen molar-refractivity contribution in [2.45, 2.75) is 58.5 Å². The lowest BCUT2D eigenvalue weighted by Gasteiger charge is -2.54. The average molecular weight is 217 g/mol. The van der Waals surface area contributed by atoms with E-state index in [-0.39, 0.29) is 0 Å². The van der Waals surface area contributed by atoms with Gasteiger partial charge in [-0.2, -0.15) is 0 Å². The summed E-state index contributed by atoms with van der Waals surface area (Å²) in [6.45, 7) is 19.9. The second-order valence-electron chi connectivity index (χ2n) is 6.25. The van der Waals surface area contributed by atoms with Gasteiger partial charge in [0.25, 0.3) is 0 Å². The highest BCUT2D eigenvalue weighted by atomic mass is 29.6. The Kier molecular flexibility index (Phi) is 3.61. The van der Waals surface area contributed by atoms with Crippen molar-refractivity contribution < 1.29 is 0 Å². The fraction of sp³-hybridized carbons (Fsp3) is 1.00. The Labute approximate surface area is 82.6 Å². The fourth-order valence-corrected chi connectivity index (χ4v) is 30.4. The van der Waals surface area contributed by atoms with E-state index in [1.807, 2.05) is 0 Å². The van der Waals surface area contributed by atoms with Gasteiger partial charge in [-0.1, -0.05) is 38.9 Å². The van der Waals surface area contributed by atoms with Gasteiger partial charge in [0, 0.05) is 0 Å². The predicted octanol–water partition coefficient (Wildman–Crippen LogP) is 3.53. The Morgan fingerprint density at radius 2 is 1.17 bits per heavy atom. The highest BCUT2D eigenvalue weighted by molar-refractivity contribution is 7.52. The average Bonchev–Trinajstić information content (AvgIpc) is 1.52. The van der Waals surface area contributed by atoms with Gasteiger partial charge in [0.1, 0.15) is 0 Å². The molecule has 0 aromatic rings. The maximum absolute atomic E-state index is 2.56. The van der Waals surface area contributed by atoms with E-state index in [2.05, 4.69) is 53.5 Å². The number of rotatable bonds is 2. The molecule has 3 heteroatoms. The Balaban J connectivity index is 4.44. The molecular formula is C9H24Si3-. The van der Waals surface area contributed by atoms with Crippen LogP contribution < -0.4 is 0 Å². The van der Waals surface area contributed by atoms with Gasteiger partial charge in [-0.05, 0) is 0 Å². The van der Waals surface area contributed by atoms with Crippen molar-refractivity contribution >= 4 is 23.7 Å². The zero-order valence-corrected chi connectivity index (χ0v) is 13.0. The molecule has 0 amide bonds. The SMILES string of the molecule is CC(C)(C)[Si](C)(C)[Si-][Si](C)(C)C. The molecule has 0 rings (SSSR count). The summed E-state index contributed by atoms with van der Waals surface area (Å²) in [7, 11) is -0.466. The maximum Gasteiger partial charge on any atom is -0.0654 e. The van der Waals surface area contributed by atoms with Crippen LogP contribution in [0.5, 0.6) is 0 Å². The normalized spacial score (nSPS) is 15.0. The summed E-state index contributed by atoms with van der Waals surface area (Å²) >= 11 is 0. The molecule has 0 saturated heterocycles. The highest BCUT2D eigenvalue weighted by Crippen LogP contribution is 2.36. The monoisotopic (exact) mass is 216 g/mol. The highest BCUT2D eigenvalue weighted by Gasteiger charge is 2.26. The van der Waals surface area contributed by atoms with Gasteiger partial charge in [0.15, 0.2) is 0 Å². The lowest BCUT2D eigenvalue weighted by Crippen LogP contribution is -2.54. The van der Waals surface area contributed by atoms with Crippen molar-refractivity contribution in [3.63, 3.8) is 0 Å². The van der Waals surface area contributed by atoms with Crippen molar-refractivity contribution in [2.75, 3.05) is 0 Å². The van der Waals surface area contributed by atoms with E-state index < -0.39 is 15.2 Å². The summed E-state index contributed by atoms with van der Waals surface area (Å²) in [5, 5.41) is 0.589. The standard InChI is InChI=1S/C9H24Si3/c1-9(2,3)12(7,8)10-11(4,5)6/h1-8H3/q-1. The van der Waals surface area contributed by atoms with Crippen LogP contribution >= 0.6 is 0 Å². The molecule has 0 N–H and O–H groups in total. The Morgan fingerprint density at radius 3 is 1.25 bits per heavy atom. The molecule has 1 radical (unpaired) electrons. The summed E-state index contributed by atoms with van der Waals surface area (Å²) in [5.41, 5.74) is 0. The minimum absolute atomic E-state index is 0.589. The van der Waals surface area contributed by atoms with E-state index in [1.54, 1.807) is 0 Å². The second-order valence-corrected chi connectivity index (χ2v) is 27.0. The van der Waals surface area contributed by atoms with Gasteiger partial charge < -0.3 is 8.55 Å². The first-order valence-corrected chi connectivity index (χ1v) is 14.2. The molecule has 0 atom stereocenters. The van der Waals surface area contributed by atoms with Gasteiger partial charge in [-0.25, -0.2) is 0 Å².